The van der Waals surface area contributed by atoms with Gasteiger partial charge in [0.25, 0.3) is 0 Å². The van der Waals surface area contributed by atoms with Crippen molar-refractivity contribution in [2.45, 2.75) is 96.9 Å². The summed E-state index contributed by atoms with van der Waals surface area (Å²) in [7, 11) is -8.90. The number of carbonyl (C=O) groups excluding carboxylic acids is 1. The number of ether oxygens (including phenoxy) is 1. The maximum Gasteiger partial charge on any atom is 0.469 e. The van der Waals surface area contributed by atoms with Gasteiger partial charge in [-0.05, 0) is 78.7 Å². The maximum absolute atomic E-state index is 11.9. The van der Waals surface area contributed by atoms with E-state index in [4.69, 9.17) is 17.1 Å². The molecule has 0 spiro atoms. The molecule has 0 radical (unpaired) electrons. The molecule has 0 rings (SSSR count). The summed E-state index contributed by atoms with van der Waals surface area (Å²) in [6.07, 6.45) is -1.03. The molecule has 0 aliphatic heterocycles. The van der Waals surface area contributed by atoms with Gasteiger partial charge in [0.1, 0.15) is 12.2 Å². The fraction of sp³-hybridized carbons (Fsp3) is 0.842. The minimum atomic E-state index is -2.99. The van der Waals surface area contributed by atoms with Crippen LogP contribution >= 0.6 is 0 Å². The second-order valence-corrected chi connectivity index (χ2v) is 27.7. The van der Waals surface area contributed by atoms with Crippen molar-refractivity contribution < 1.29 is 32.1 Å². The first-order valence-electron chi connectivity index (χ1n) is 10.6. The minimum Gasteiger partial charge on any atom is -0.456 e. The van der Waals surface area contributed by atoms with Crippen LogP contribution in [-0.2, 0) is 21.9 Å². The van der Waals surface area contributed by atoms with E-state index < -0.39 is 58.5 Å². The molecular formula is C19H44O7Si4. The first kappa shape index (κ1) is 29.9. The van der Waals surface area contributed by atoms with Crippen LogP contribution in [0.5, 0.6) is 0 Å². The van der Waals surface area contributed by atoms with Gasteiger partial charge in [-0.25, -0.2) is 4.79 Å². The normalized spacial score (nSPS) is 15.6. The number of aliphatic hydroxyl groups excluding tert-OH is 2. The molecule has 0 aromatic heterocycles. The van der Waals surface area contributed by atoms with Crippen molar-refractivity contribution in [3.05, 3.63) is 12.2 Å². The molecule has 0 fully saturated rings. The van der Waals surface area contributed by atoms with E-state index in [1.165, 1.54) is 0 Å². The molecular weight excluding hydrogens is 453 g/mol. The summed E-state index contributed by atoms with van der Waals surface area (Å²) >= 11 is 0. The smallest absolute Gasteiger partial charge is 0.456 e. The molecule has 0 aliphatic rings. The van der Waals surface area contributed by atoms with Crippen LogP contribution in [0.3, 0.4) is 0 Å². The summed E-state index contributed by atoms with van der Waals surface area (Å²) in [6.45, 7) is 23.8. The van der Waals surface area contributed by atoms with Gasteiger partial charge in [-0.3, -0.25) is 0 Å². The lowest BCUT2D eigenvalue weighted by Gasteiger charge is -2.43. The highest BCUT2D eigenvalue weighted by Gasteiger charge is 2.49. The van der Waals surface area contributed by atoms with E-state index in [1.54, 1.807) is 6.92 Å². The highest BCUT2D eigenvalue weighted by molar-refractivity contribution is 6.90. The van der Waals surface area contributed by atoms with Crippen molar-refractivity contribution >= 4 is 39.7 Å². The van der Waals surface area contributed by atoms with Crippen LogP contribution < -0.4 is 0 Å². The Morgan fingerprint density at radius 1 is 0.900 bits per heavy atom. The van der Waals surface area contributed by atoms with Crippen LogP contribution in [-0.4, -0.2) is 68.8 Å². The topological polar surface area (TPSA) is 94.5 Å². The Bertz CT molecular complexity index is 524. The van der Waals surface area contributed by atoms with Gasteiger partial charge in [0.15, 0.2) is 25.0 Å². The predicted octanol–water partition coefficient (Wildman–Crippen LogP) is 4.10. The van der Waals surface area contributed by atoms with E-state index in [0.29, 0.717) is 18.9 Å². The molecule has 30 heavy (non-hydrogen) atoms. The zero-order valence-electron chi connectivity index (χ0n) is 20.6. The third kappa shape index (κ3) is 13.3. The molecule has 2 atom stereocenters. The van der Waals surface area contributed by atoms with E-state index >= 15 is 0 Å². The number of esters is 1. The highest BCUT2D eigenvalue weighted by atomic mass is 28.5. The monoisotopic (exact) mass is 496 g/mol. The molecule has 0 aromatic rings. The Morgan fingerprint density at radius 2 is 1.30 bits per heavy atom. The second kappa shape index (κ2) is 11.7. The zero-order chi connectivity index (χ0) is 24.0. The molecule has 2 unspecified atom stereocenters. The standard InChI is InChI=1S/C19H44O7Si4/c1-16(2)19(22)23-18(17(21)15-20)13-12-14-30(24-27(3,4)5,25-28(6,7)8)26-29(9,10)11/h17-18,20-21H,1,12-15H2,2-11H3. The molecule has 7 nitrogen and oxygen atoms in total. The van der Waals surface area contributed by atoms with Crippen molar-refractivity contribution in [3.63, 3.8) is 0 Å². The van der Waals surface area contributed by atoms with E-state index in [9.17, 15) is 15.0 Å². The summed E-state index contributed by atoms with van der Waals surface area (Å²) in [6, 6.07) is 0.574. The molecule has 2 N–H and O–H groups in total. The second-order valence-electron chi connectivity index (χ2n) is 10.7. The van der Waals surface area contributed by atoms with E-state index in [1.807, 2.05) is 0 Å². The number of carbonyl (C=O) groups is 1. The van der Waals surface area contributed by atoms with Gasteiger partial charge in [-0.15, -0.1) is 0 Å². The summed E-state index contributed by atoms with van der Waals surface area (Å²) in [5.41, 5.74) is 0.250. The third-order valence-electron chi connectivity index (χ3n) is 3.58. The number of aliphatic hydroxyl groups is 2. The summed E-state index contributed by atoms with van der Waals surface area (Å²) in [5, 5.41) is 19.5. The third-order valence-corrected chi connectivity index (χ3v) is 15.6. The molecule has 0 heterocycles. The molecule has 0 bridgehead atoms. The maximum atomic E-state index is 11.9. The number of hydrogen-bond acceptors (Lipinski definition) is 7. The van der Waals surface area contributed by atoms with Crippen LogP contribution in [0.2, 0.25) is 65.0 Å². The van der Waals surface area contributed by atoms with Crippen molar-refractivity contribution in [1.29, 1.82) is 0 Å². The Balaban J connectivity index is 5.63. The van der Waals surface area contributed by atoms with Gasteiger partial charge in [-0.2, -0.15) is 0 Å². The van der Waals surface area contributed by atoms with E-state index in [0.717, 1.165) is 0 Å². The van der Waals surface area contributed by atoms with Crippen LogP contribution in [0.4, 0.5) is 0 Å². The Hall–Kier alpha value is -0.122. The van der Waals surface area contributed by atoms with Gasteiger partial charge in [0, 0.05) is 11.6 Å². The van der Waals surface area contributed by atoms with Crippen LogP contribution in [0.25, 0.3) is 0 Å². The van der Waals surface area contributed by atoms with Gasteiger partial charge in [-0.1, -0.05) is 6.58 Å². The number of hydrogen-bond donors (Lipinski definition) is 2. The first-order chi connectivity index (χ1) is 13.3. The molecule has 0 aliphatic carbocycles. The Labute approximate surface area is 187 Å². The molecule has 0 amide bonds. The van der Waals surface area contributed by atoms with Crippen molar-refractivity contribution in [2.24, 2.45) is 0 Å². The molecule has 0 saturated carbocycles. The summed E-state index contributed by atoms with van der Waals surface area (Å²) < 4.78 is 25.3. The van der Waals surface area contributed by atoms with Crippen LogP contribution in [0.15, 0.2) is 12.2 Å². The Morgan fingerprint density at radius 3 is 1.60 bits per heavy atom. The lowest BCUT2D eigenvalue weighted by atomic mass is 10.1. The molecule has 11 heteroatoms. The first-order valence-corrected chi connectivity index (χ1v) is 22.7. The quantitative estimate of drug-likeness (QED) is 0.212. The SMILES string of the molecule is C=C(C)C(=O)OC(CCC[Si](O[Si](C)(C)C)(O[Si](C)(C)C)O[Si](C)(C)C)C(O)CO. The molecule has 0 saturated heterocycles. The zero-order valence-corrected chi connectivity index (χ0v) is 24.6. The van der Waals surface area contributed by atoms with E-state index in [2.05, 4.69) is 65.5 Å². The van der Waals surface area contributed by atoms with Crippen LogP contribution in [0.1, 0.15) is 19.8 Å². The van der Waals surface area contributed by atoms with Crippen molar-refractivity contribution in [2.75, 3.05) is 6.61 Å². The van der Waals surface area contributed by atoms with Gasteiger partial charge in [0.2, 0.25) is 0 Å². The highest BCUT2D eigenvalue weighted by Crippen LogP contribution is 2.31. The Kier molecular flexibility index (Phi) is 11.6. The largest absolute Gasteiger partial charge is 0.469 e. The van der Waals surface area contributed by atoms with E-state index in [-0.39, 0.29) is 5.57 Å². The summed E-state index contributed by atoms with van der Waals surface area (Å²) in [4.78, 5) is 11.9. The van der Waals surface area contributed by atoms with Crippen molar-refractivity contribution in [3.8, 4) is 0 Å². The lowest BCUT2D eigenvalue weighted by Crippen LogP contribution is -2.60. The summed E-state index contributed by atoms with van der Waals surface area (Å²) in [5.74, 6) is -0.578. The molecule has 178 valence electrons. The van der Waals surface area contributed by atoms with Gasteiger partial charge >= 0.3 is 14.8 Å². The van der Waals surface area contributed by atoms with Crippen LogP contribution in [0, 0.1) is 0 Å². The van der Waals surface area contributed by atoms with Gasteiger partial charge in [0.05, 0.1) is 6.61 Å². The minimum absolute atomic E-state index is 0.250. The van der Waals surface area contributed by atoms with Gasteiger partial charge < -0.3 is 27.3 Å². The fourth-order valence-electron chi connectivity index (χ4n) is 2.82. The number of rotatable bonds is 14. The average Bonchev–Trinajstić information content (AvgIpc) is 2.47. The average molecular weight is 497 g/mol. The van der Waals surface area contributed by atoms with Crippen molar-refractivity contribution in [1.82, 2.24) is 0 Å². The lowest BCUT2D eigenvalue weighted by molar-refractivity contribution is -0.152. The fourth-order valence-corrected chi connectivity index (χ4v) is 17.5. The molecule has 0 aromatic carbocycles. The predicted molar refractivity (Wildman–Crippen MR) is 131 cm³/mol.